The van der Waals surface area contributed by atoms with Gasteiger partial charge in [-0.15, -0.1) is 0 Å². The Labute approximate surface area is 166 Å². The highest BCUT2D eigenvalue weighted by molar-refractivity contribution is 6.32. The standard InChI is InChI=1S/C19H17ClN4O4/c1-11-8-15(9-12(2)16(11)20)28-19-17(24(25)26)18(21-10-22-19)23-13-4-6-14(27-3)7-5-13/h4-10H,1-3H3,(H,21,22,23). The molecular weight excluding hydrogens is 384 g/mol. The molecule has 0 radical (unpaired) electrons. The summed E-state index contributed by atoms with van der Waals surface area (Å²) in [7, 11) is 1.56. The third-order valence-electron chi connectivity index (χ3n) is 3.95. The van der Waals surface area contributed by atoms with Crippen LogP contribution >= 0.6 is 11.6 Å². The van der Waals surface area contributed by atoms with E-state index in [4.69, 9.17) is 21.1 Å². The Balaban J connectivity index is 1.96. The molecule has 0 spiro atoms. The Kier molecular flexibility index (Phi) is 5.60. The fraction of sp³-hybridized carbons (Fsp3) is 0.158. The van der Waals surface area contributed by atoms with Gasteiger partial charge in [0.2, 0.25) is 5.82 Å². The van der Waals surface area contributed by atoms with Gasteiger partial charge in [0.05, 0.1) is 12.0 Å². The molecule has 28 heavy (non-hydrogen) atoms. The molecule has 144 valence electrons. The highest BCUT2D eigenvalue weighted by Gasteiger charge is 2.25. The molecule has 9 heteroatoms. The minimum absolute atomic E-state index is 0.0163. The van der Waals surface area contributed by atoms with E-state index in [1.807, 2.05) is 13.8 Å². The number of aromatic nitrogens is 2. The van der Waals surface area contributed by atoms with Gasteiger partial charge in [-0.2, -0.15) is 4.98 Å². The van der Waals surface area contributed by atoms with Crippen molar-refractivity contribution >= 4 is 28.8 Å². The Hall–Kier alpha value is -3.39. The number of nitrogens with zero attached hydrogens (tertiary/aromatic N) is 3. The Morgan fingerprint density at radius 1 is 1.07 bits per heavy atom. The number of nitrogens with one attached hydrogen (secondary N) is 1. The van der Waals surface area contributed by atoms with Crippen molar-refractivity contribution in [3.05, 3.63) is 69.0 Å². The molecule has 0 atom stereocenters. The number of aryl methyl sites for hydroxylation is 2. The van der Waals surface area contributed by atoms with Crippen LogP contribution in [0.25, 0.3) is 0 Å². The number of rotatable bonds is 6. The average molecular weight is 401 g/mol. The molecule has 1 N–H and O–H groups in total. The molecule has 0 unspecified atom stereocenters. The molecular formula is C19H17ClN4O4. The predicted octanol–water partition coefficient (Wildman–Crippen LogP) is 5.20. The summed E-state index contributed by atoms with van der Waals surface area (Å²) in [4.78, 5) is 19.0. The van der Waals surface area contributed by atoms with E-state index in [2.05, 4.69) is 15.3 Å². The number of hydrogen-bond acceptors (Lipinski definition) is 7. The quantitative estimate of drug-likeness (QED) is 0.448. The number of hydrogen-bond donors (Lipinski definition) is 1. The third-order valence-corrected chi connectivity index (χ3v) is 4.54. The van der Waals surface area contributed by atoms with Crippen LogP contribution in [-0.2, 0) is 0 Å². The molecule has 0 aliphatic heterocycles. The molecule has 1 heterocycles. The van der Waals surface area contributed by atoms with Gasteiger partial charge in [-0.05, 0) is 61.4 Å². The zero-order valence-electron chi connectivity index (χ0n) is 15.4. The molecule has 0 amide bonds. The lowest BCUT2D eigenvalue weighted by Gasteiger charge is -2.11. The second-order valence-corrected chi connectivity index (χ2v) is 6.34. The van der Waals surface area contributed by atoms with E-state index in [-0.39, 0.29) is 17.4 Å². The number of nitro groups is 1. The van der Waals surface area contributed by atoms with Crippen LogP contribution in [0.3, 0.4) is 0 Å². The number of methoxy groups -OCH3 is 1. The minimum Gasteiger partial charge on any atom is -0.497 e. The van der Waals surface area contributed by atoms with E-state index in [0.717, 1.165) is 11.1 Å². The van der Waals surface area contributed by atoms with Gasteiger partial charge in [0.25, 0.3) is 0 Å². The summed E-state index contributed by atoms with van der Waals surface area (Å²) >= 11 is 6.16. The van der Waals surface area contributed by atoms with Gasteiger partial charge in [0.15, 0.2) is 0 Å². The molecule has 3 aromatic rings. The summed E-state index contributed by atoms with van der Waals surface area (Å²) in [6.45, 7) is 3.65. The van der Waals surface area contributed by atoms with Crippen molar-refractivity contribution in [3.8, 4) is 17.4 Å². The molecule has 0 saturated carbocycles. The highest BCUT2D eigenvalue weighted by atomic mass is 35.5. The summed E-state index contributed by atoms with van der Waals surface area (Å²) in [6, 6.07) is 10.3. The number of benzene rings is 2. The van der Waals surface area contributed by atoms with Gasteiger partial charge in [-0.25, -0.2) is 4.98 Å². The van der Waals surface area contributed by atoms with Gasteiger partial charge < -0.3 is 14.8 Å². The molecule has 0 aliphatic rings. The first-order chi connectivity index (χ1) is 13.4. The average Bonchev–Trinajstić information content (AvgIpc) is 2.66. The fourth-order valence-electron chi connectivity index (χ4n) is 2.58. The van der Waals surface area contributed by atoms with E-state index in [1.165, 1.54) is 6.33 Å². The monoisotopic (exact) mass is 400 g/mol. The van der Waals surface area contributed by atoms with Crippen molar-refractivity contribution in [1.29, 1.82) is 0 Å². The molecule has 0 aliphatic carbocycles. The van der Waals surface area contributed by atoms with Crippen molar-refractivity contribution in [2.24, 2.45) is 0 Å². The first-order valence-electron chi connectivity index (χ1n) is 8.24. The number of ether oxygens (including phenoxy) is 2. The normalized spacial score (nSPS) is 10.4. The molecule has 8 nitrogen and oxygen atoms in total. The SMILES string of the molecule is COc1ccc(Nc2ncnc(Oc3cc(C)c(Cl)c(C)c3)c2[N+](=O)[O-])cc1. The van der Waals surface area contributed by atoms with E-state index in [1.54, 1.807) is 43.5 Å². The zero-order valence-corrected chi connectivity index (χ0v) is 16.1. The smallest absolute Gasteiger partial charge is 0.373 e. The summed E-state index contributed by atoms with van der Waals surface area (Å²) in [6.07, 6.45) is 1.20. The summed E-state index contributed by atoms with van der Waals surface area (Å²) in [5.41, 5.74) is 1.82. The van der Waals surface area contributed by atoms with Crippen molar-refractivity contribution in [2.75, 3.05) is 12.4 Å². The lowest BCUT2D eigenvalue weighted by Crippen LogP contribution is -2.03. The first kappa shape index (κ1) is 19.4. The second-order valence-electron chi connectivity index (χ2n) is 5.96. The number of halogens is 1. The van der Waals surface area contributed by atoms with Gasteiger partial charge in [0, 0.05) is 10.7 Å². The molecule has 0 saturated heterocycles. The number of anilines is 2. The van der Waals surface area contributed by atoms with Crippen molar-refractivity contribution in [1.82, 2.24) is 9.97 Å². The lowest BCUT2D eigenvalue weighted by molar-refractivity contribution is -0.385. The van der Waals surface area contributed by atoms with Crippen molar-refractivity contribution in [3.63, 3.8) is 0 Å². The van der Waals surface area contributed by atoms with E-state index in [9.17, 15) is 10.1 Å². The summed E-state index contributed by atoms with van der Waals surface area (Å²) < 4.78 is 10.8. The van der Waals surface area contributed by atoms with Crippen LogP contribution in [0.15, 0.2) is 42.7 Å². The van der Waals surface area contributed by atoms with Gasteiger partial charge >= 0.3 is 11.6 Å². The molecule has 0 fully saturated rings. The van der Waals surface area contributed by atoms with E-state index >= 15 is 0 Å². The van der Waals surface area contributed by atoms with Crippen LogP contribution in [0.1, 0.15) is 11.1 Å². The maximum Gasteiger partial charge on any atom is 0.373 e. The minimum atomic E-state index is -0.586. The van der Waals surface area contributed by atoms with Gasteiger partial charge in [0.1, 0.15) is 17.8 Å². The van der Waals surface area contributed by atoms with Crippen LogP contribution in [0.2, 0.25) is 5.02 Å². The maximum absolute atomic E-state index is 11.7. The van der Waals surface area contributed by atoms with Crippen LogP contribution in [0.5, 0.6) is 17.4 Å². The molecule has 3 rings (SSSR count). The topological polar surface area (TPSA) is 99.4 Å². The summed E-state index contributed by atoms with van der Waals surface area (Å²) in [5.74, 6) is 0.913. The van der Waals surface area contributed by atoms with E-state index in [0.29, 0.717) is 22.2 Å². The second kappa shape index (κ2) is 8.10. The highest BCUT2D eigenvalue weighted by Crippen LogP contribution is 2.37. The van der Waals surface area contributed by atoms with Crippen LogP contribution in [0, 0.1) is 24.0 Å². The van der Waals surface area contributed by atoms with Gasteiger partial charge in [-0.1, -0.05) is 11.6 Å². The van der Waals surface area contributed by atoms with Crippen molar-refractivity contribution in [2.45, 2.75) is 13.8 Å². The Bertz CT molecular complexity index is 1000. The largest absolute Gasteiger partial charge is 0.497 e. The Morgan fingerprint density at radius 3 is 2.29 bits per heavy atom. The lowest BCUT2D eigenvalue weighted by atomic mass is 10.1. The van der Waals surface area contributed by atoms with Crippen LogP contribution in [0.4, 0.5) is 17.2 Å². The summed E-state index contributed by atoms with van der Waals surface area (Å²) in [5, 5.41) is 15.2. The molecule has 0 bridgehead atoms. The zero-order chi connectivity index (χ0) is 20.3. The molecule has 1 aromatic heterocycles. The molecule has 2 aromatic carbocycles. The van der Waals surface area contributed by atoms with Crippen LogP contribution in [-0.4, -0.2) is 22.0 Å². The van der Waals surface area contributed by atoms with Crippen LogP contribution < -0.4 is 14.8 Å². The first-order valence-corrected chi connectivity index (χ1v) is 8.62. The van der Waals surface area contributed by atoms with E-state index < -0.39 is 4.92 Å². The fourth-order valence-corrected chi connectivity index (χ4v) is 2.69. The van der Waals surface area contributed by atoms with Gasteiger partial charge in [-0.3, -0.25) is 10.1 Å². The Morgan fingerprint density at radius 2 is 1.71 bits per heavy atom. The third kappa shape index (κ3) is 4.12. The van der Waals surface area contributed by atoms with Crippen molar-refractivity contribution < 1.29 is 14.4 Å². The maximum atomic E-state index is 11.7. The predicted molar refractivity (Wildman–Crippen MR) is 106 cm³/mol.